The summed E-state index contributed by atoms with van der Waals surface area (Å²) in [5, 5.41) is -0.157. The van der Waals surface area contributed by atoms with E-state index >= 15 is 0 Å². The summed E-state index contributed by atoms with van der Waals surface area (Å²) in [6, 6.07) is 14.7. The summed E-state index contributed by atoms with van der Waals surface area (Å²) in [5.41, 5.74) is 3.75. The van der Waals surface area contributed by atoms with Gasteiger partial charge in [0.1, 0.15) is 0 Å². The highest BCUT2D eigenvalue weighted by Crippen LogP contribution is 2.36. The molecule has 2 rings (SSSR count). The highest BCUT2D eigenvalue weighted by Gasteiger charge is 2.19. The third-order valence-electron chi connectivity index (χ3n) is 4.10. The van der Waals surface area contributed by atoms with Gasteiger partial charge in [-0.05, 0) is 46.7 Å². The normalized spacial score (nSPS) is 13.2. The first-order valence-electron chi connectivity index (χ1n) is 7.04. The van der Waals surface area contributed by atoms with Crippen LogP contribution in [0.2, 0.25) is 0 Å². The Kier molecular flexibility index (Phi) is 5.56. The van der Waals surface area contributed by atoms with Gasteiger partial charge in [0.2, 0.25) is 0 Å². The molecule has 0 heterocycles. The Morgan fingerprint density at radius 1 is 1.05 bits per heavy atom. The average Bonchev–Trinajstić information content (AvgIpc) is 2.49. The molecular formula is C18H19Br2Cl. The van der Waals surface area contributed by atoms with Gasteiger partial charge in [-0.15, -0.1) is 11.6 Å². The lowest BCUT2D eigenvalue weighted by molar-refractivity contribution is 0.506. The first kappa shape index (κ1) is 17.1. The topological polar surface area (TPSA) is 0 Å². The van der Waals surface area contributed by atoms with Gasteiger partial charge in [-0.3, -0.25) is 0 Å². The van der Waals surface area contributed by atoms with Gasteiger partial charge in [0.25, 0.3) is 0 Å². The Morgan fingerprint density at radius 3 is 2.24 bits per heavy atom. The highest BCUT2D eigenvalue weighted by molar-refractivity contribution is 9.11. The van der Waals surface area contributed by atoms with Crippen molar-refractivity contribution in [1.82, 2.24) is 0 Å². The van der Waals surface area contributed by atoms with E-state index in [1.54, 1.807) is 0 Å². The zero-order chi connectivity index (χ0) is 15.6. The molecule has 0 aliphatic carbocycles. The molecular weight excluding hydrogens is 411 g/mol. The van der Waals surface area contributed by atoms with Crippen molar-refractivity contribution in [1.29, 1.82) is 0 Å². The molecule has 0 aliphatic heterocycles. The Balaban J connectivity index is 2.32. The lowest BCUT2D eigenvalue weighted by Crippen LogP contribution is -2.15. The second-order valence-electron chi connectivity index (χ2n) is 5.89. The quantitative estimate of drug-likeness (QED) is 0.449. The van der Waals surface area contributed by atoms with Crippen molar-refractivity contribution in [2.75, 3.05) is 0 Å². The molecule has 3 heteroatoms. The zero-order valence-corrected chi connectivity index (χ0v) is 16.4. The van der Waals surface area contributed by atoms with Gasteiger partial charge in [-0.1, -0.05) is 76.9 Å². The molecule has 0 fully saturated rings. The van der Waals surface area contributed by atoms with Gasteiger partial charge in [0, 0.05) is 8.95 Å². The summed E-state index contributed by atoms with van der Waals surface area (Å²) in [4.78, 5) is 0. The van der Waals surface area contributed by atoms with Crippen molar-refractivity contribution in [2.24, 2.45) is 0 Å². The first-order chi connectivity index (χ1) is 9.85. The fraction of sp³-hybridized carbons (Fsp3) is 0.333. The molecule has 1 unspecified atom stereocenters. The van der Waals surface area contributed by atoms with Crippen molar-refractivity contribution in [3.05, 3.63) is 68.1 Å². The molecule has 0 spiro atoms. The number of rotatable bonds is 4. The van der Waals surface area contributed by atoms with Crippen molar-refractivity contribution in [3.8, 4) is 0 Å². The minimum absolute atomic E-state index is 0.157. The Bertz CT molecular complexity index is 618. The lowest BCUT2D eigenvalue weighted by atomic mass is 9.82. The molecule has 0 radical (unpaired) electrons. The molecule has 0 amide bonds. The van der Waals surface area contributed by atoms with E-state index in [9.17, 15) is 0 Å². The maximum Gasteiger partial charge on any atom is 0.0846 e. The number of benzene rings is 2. The minimum Gasteiger partial charge on any atom is -0.113 e. The van der Waals surface area contributed by atoms with Crippen LogP contribution in [0.4, 0.5) is 0 Å². The van der Waals surface area contributed by atoms with Crippen LogP contribution in [0.15, 0.2) is 51.4 Å². The second-order valence-corrected chi connectivity index (χ2v) is 8.09. The van der Waals surface area contributed by atoms with Crippen LogP contribution in [0.3, 0.4) is 0 Å². The van der Waals surface area contributed by atoms with Gasteiger partial charge in [-0.25, -0.2) is 0 Å². The molecule has 0 aromatic heterocycles. The fourth-order valence-corrected chi connectivity index (χ4v) is 3.51. The summed E-state index contributed by atoms with van der Waals surface area (Å²) in [6.07, 6.45) is 1.12. The van der Waals surface area contributed by atoms with E-state index < -0.39 is 0 Å². The SMILES string of the molecule is CCC(C)(C)c1ccc(C(Cl)c2cc(Br)ccc2Br)cc1. The number of hydrogen-bond acceptors (Lipinski definition) is 0. The lowest BCUT2D eigenvalue weighted by Gasteiger charge is -2.24. The molecule has 0 bridgehead atoms. The second kappa shape index (κ2) is 6.85. The largest absolute Gasteiger partial charge is 0.113 e. The molecule has 21 heavy (non-hydrogen) atoms. The van der Waals surface area contributed by atoms with Crippen LogP contribution in [0.5, 0.6) is 0 Å². The van der Waals surface area contributed by atoms with Crippen molar-refractivity contribution < 1.29 is 0 Å². The van der Waals surface area contributed by atoms with Crippen LogP contribution in [-0.2, 0) is 5.41 Å². The molecule has 0 aliphatic rings. The van der Waals surface area contributed by atoms with Crippen LogP contribution >= 0.6 is 43.5 Å². The molecule has 2 aromatic rings. The molecule has 0 nitrogen and oxygen atoms in total. The molecule has 0 saturated carbocycles. The summed E-state index contributed by atoms with van der Waals surface area (Å²) in [5.74, 6) is 0. The monoisotopic (exact) mass is 428 g/mol. The predicted octanol–water partition coefficient (Wildman–Crippen LogP) is 7.23. The van der Waals surface area contributed by atoms with Crippen molar-refractivity contribution in [2.45, 2.75) is 38.0 Å². The van der Waals surface area contributed by atoms with E-state index in [-0.39, 0.29) is 10.8 Å². The van der Waals surface area contributed by atoms with E-state index in [2.05, 4.69) is 83.0 Å². The van der Waals surface area contributed by atoms with Gasteiger partial charge in [-0.2, -0.15) is 0 Å². The average molecular weight is 431 g/mol. The van der Waals surface area contributed by atoms with E-state index in [1.807, 2.05) is 12.1 Å². The van der Waals surface area contributed by atoms with E-state index in [0.717, 1.165) is 26.5 Å². The molecule has 0 saturated heterocycles. The summed E-state index contributed by atoms with van der Waals surface area (Å²) in [6.45, 7) is 6.76. The number of alkyl halides is 1. The van der Waals surface area contributed by atoms with Crippen LogP contribution < -0.4 is 0 Å². The van der Waals surface area contributed by atoms with E-state index in [1.165, 1.54) is 5.56 Å². The standard InChI is InChI=1S/C18H19Br2Cl/c1-4-18(2,3)13-7-5-12(6-8-13)17(21)15-11-14(19)9-10-16(15)20/h5-11,17H,4H2,1-3H3. The maximum absolute atomic E-state index is 6.66. The number of hydrogen-bond donors (Lipinski definition) is 0. The Morgan fingerprint density at radius 2 is 1.67 bits per heavy atom. The Hall–Kier alpha value is -0.310. The van der Waals surface area contributed by atoms with E-state index in [4.69, 9.17) is 11.6 Å². The first-order valence-corrected chi connectivity index (χ1v) is 9.07. The van der Waals surface area contributed by atoms with Crippen LogP contribution in [0.25, 0.3) is 0 Å². The number of halogens is 3. The van der Waals surface area contributed by atoms with Crippen LogP contribution in [-0.4, -0.2) is 0 Å². The molecule has 1 atom stereocenters. The third-order valence-corrected chi connectivity index (χ3v) is 5.80. The smallest absolute Gasteiger partial charge is 0.0846 e. The van der Waals surface area contributed by atoms with Gasteiger partial charge in [0.05, 0.1) is 5.38 Å². The van der Waals surface area contributed by atoms with Gasteiger partial charge in [0.15, 0.2) is 0 Å². The fourth-order valence-electron chi connectivity index (χ4n) is 2.20. The third kappa shape index (κ3) is 3.91. The summed E-state index contributed by atoms with van der Waals surface area (Å²) < 4.78 is 2.07. The zero-order valence-electron chi connectivity index (χ0n) is 12.5. The van der Waals surface area contributed by atoms with Crippen LogP contribution in [0, 0.1) is 0 Å². The van der Waals surface area contributed by atoms with Crippen molar-refractivity contribution >= 4 is 43.5 Å². The maximum atomic E-state index is 6.66. The van der Waals surface area contributed by atoms with Gasteiger partial charge < -0.3 is 0 Å². The van der Waals surface area contributed by atoms with E-state index in [0.29, 0.717) is 0 Å². The highest BCUT2D eigenvalue weighted by atomic mass is 79.9. The predicted molar refractivity (Wildman–Crippen MR) is 99.3 cm³/mol. The summed E-state index contributed by atoms with van der Waals surface area (Å²) in [7, 11) is 0. The molecule has 112 valence electrons. The van der Waals surface area contributed by atoms with Crippen LogP contribution in [0.1, 0.15) is 49.3 Å². The molecule has 2 aromatic carbocycles. The van der Waals surface area contributed by atoms with Crippen molar-refractivity contribution in [3.63, 3.8) is 0 Å². The summed E-state index contributed by atoms with van der Waals surface area (Å²) >= 11 is 13.7. The Labute approximate surface area is 149 Å². The van der Waals surface area contributed by atoms with Gasteiger partial charge >= 0.3 is 0 Å². The minimum atomic E-state index is -0.157. The molecule has 0 N–H and O–H groups in total.